The molecule has 0 saturated carbocycles. The number of amides is 1. The first-order valence-electron chi connectivity index (χ1n) is 13.2. The lowest BCUT2D eigenvalue weighted by Crippen LogP contribution is -2.43. The van der Waals surface area contributed by atoms with Crippen LogP contribution in [0.4, 0.5) is 23.1 Å². The number of aromatic amines is 1. The molecule has 3 aromatic rings. The average Bonchev–Trinajstić information content (AvgIpc) is 3.01. The van der Waals surface area contributed by atoms with Crippen molar-refractivity contribution in [3.8, 4) is 0 Å². The molecule has 16 nitrogen and oxygen atoms in total. The summed E-state index contributed by atoms with van der Waals surface area (Å²) in [6.45, 7) is 0.874. The Morgan fingerprint density at radius 2 is 1.77 bits per heavy atom. The Morgan fingerprint density at radius 1 is 1.09 bits per heavy atom. The summed E-state index contributed by atoms with van der Waals surface area (Å²) >= 11 is 0. The van der Waals surface area contributed by atoms with Gasteiger partial charge in [0.25, 0.3) is 21.6 Å². The van der Waals surface area contributed by atoms with Crippen molar-refractivity contribution in [3.05, 3.63) is 70.0 Å². The third kappa shape index (κ3) is 7.42. The molecule has 4 rings (SSSR count). The molecule has 0 radical (unpaired) electrons. The van der Waals surface area contributed by atoms with E-state index in [-0.39, 0.29) is 28.8 Å². The summed E-state index contributed by atoms with van der Waals surface area (Å²) in [5, 5.41) is 11.9. The maximum atomic E-state index is 13.1. The van der Waals surface area contributed by atoms with E-state index in [1.165, 1.54) is 30.3 Å². The topological polar surface area (TPSA) is 244 Å². The molecule has 3 atom stereocenters. The molecular weight excluding hydrogens is 598 g/mol. The minimum absolute atomic E-state index is 0.00687. The molecule has 0 fully saturated rings. The Hall–Kier alpha value is -5.16. The number of carbonyl (C=O) groups excluding carboxylic acids is 3. The summed E-state index contributed by atoms with van der Waals surface area (Å²) in [7, 11) is -2.55. The van der Waals surface area contributed by atoms with Crippen molar-refractivity contribution < 1.29 is 36.8 Å². The van der Waals surface area contributed by atoms with E-state index < -0.39 is 56.8 Å². The van der Waals surface area contributed by atoms with E-state index in [2.05, 4.69) is 31.2 Å². The summed E-state index contributed by atoms with van der Waals surface area (Å²) < 4.78 is 43.2. The maximum absolute atomic E-state index is 13.1. The zero-order chi connectivity index (χ0) is 32.0. The number of methoxy groups -OCH3 is 2. The highest BCUT2D eigenvalue weighted by atomic mass is 32.2. The molecule has 1 amide bonds. The van der Waals surface area contributed by atoms with Crippen LogP contribution in [0.3, 0.4) is 0 Å². The van der Waals surface area contributed by atoms with Gasteiger partial charge in [0, 0.05) is 24.3 Å². The molecule has 1 aromatic heterocycles. The Bertz CT molecular complexity index is 1710. The first kappa shape index (κ1) is 31.8. The number of nitrogens with one attached hydrogen (secondary N) is 5. The standard InChI is InChI=1S/C27H31N7O9S/c1-42-25(37)18(17-5-3-4-6-20(17)44(39,40)41)11-19(26(38)43-2)32-23(35)14-7-9-15(10-8-14)29-12-16-13-30-22-21(31-16)24(36)34-27(28)33-22/h3-10,16,18-19,29,31H,11-13H2,1-2H3,(H,32,35)(H,39,40,41)(H4,28,30,33,34,36)/t16-,18?,19+/m1/s1. The largest absolute Gasteiger partial charge is 0.469 e. The van der Waals surface area contributed by atoms with Gasteiger partial charge in [0.2, 0.25) is 5.95 Å². The maximum Gasteiger partial charge on any atom is 0.328 e. The number of anilines is 4. The Labute approximate surface area is 251 Å². The van der Waals surface area contributed by atoms with Crippen LogP contribution in [0.15, 0.2) is 58.2 Å². The molecule has 2 heterocycles. The number of esters is 2. The lowest BCUT2D eigenvalue weighted by atomic mass is 9.91. The van der Waals surface area contributed by atoms with Crippen molar-refractivity contribution in [2.75, 3.05) is 49.0 Å². The van der Waals surface area contributed by atoms with Gasteiger partial charge >= 0.3 is 11.9 Å². The number of benzene rings is 2. The third-order valence-electron chi connectivity index (χ3n) is 6.82. The lowest BCUT2D eigenvalue weighted by molar-refractivity contribution is -0.145. The zero-order valence-electron chi connectivity index (χ0n) is 23.6. The van der Waals surface area contributed by atoms with Gasteiger partial charge in [-0.3, -0.25) is 23.9 Å². The molecule has 44 heavy (non-hydrogen) atoms. The normalized spacial score (nSPS) is 15.4. The molecule has 0 saturated heterocycles. The van der Waals surface area contributed by atoms with Gasteiger partial charge in [0.15, 0.2) is 5.82 Å². The number of rotatable bonds is 11. The van der Waals surface area contributed by atoms with Crippen LogP contribution < -0.4 is 32.6 Å². The molecule has 0 bridgehead atoms. The number of H-pyrrole nitrogens is 1. The van der Waals surface area contributed by atoms with Crippen molar-refractivity contribution in [1.29, 1.82) is 0 Å². The SMILES string of the molecule is COC(=O)C(C[C@H](NC(=O)c1ccc(NC[C@@H]2CNc3nc(N)[nH]c(=O)c3N2)cc1)C(=O)OC)c1ccccc1S(=O)(=O)O. The predicted molar refractivity (Wildman–Crippen MR) is 159 cm³/mol. The molecule has 1 aliphatic rings. The second kappa shape index (κ2) is 13.4. The second-order valence-corrected chi connectivity index (χ2v) is 11.1. The number of carbonyl (C=O) groups is 3. The highest BCUT2D eigenvalue weighted by molar-refractivity contribution is 7.85. The van der Waals surface area contributed by atoms with Crippen LogP contribution in [-0.4, -0.2) is 80.2 Å². The molecule has 2 aromatic carbocycles. The highest BCUT2D eigenvalue weighted by Gasteiger charge is 2.34. The number of fused-ring (bicyclic) bond motifs is 1. The van der Waals surface area contributed by atoms with E-state index in [0.717, 1.165) is 20.3 Å². The van der Waals surface area contributed by atoms with Crippen LogP contribution >= 0.6 is 0 Å². The Morgan fingerprint density at radius 3 is 2.43 bits per heavy atom. The second-order valence-electron chi connectivity index (χ2n) is 9.73. The quantitative estimate of drug-likeness (QED) is 0.113. The number of aromatic nitrogens is 2. The molecule has 1 unspecified atom stereocenters. The van der Waals surface area contributed by atoms with Gasteiger partial charge in [0.05, 0.1) is 31.1 Å². The van der Waals surface area contributed by atoms with Crippen molar-refractivity contribution in [2.24, 2.45) is 0 Å². The summed E-state index contributed by atoms with van der Waals surface area (Å²) in [6.07, 6.45) is -0.423. The number of nitrogens with two attached hydrogens (primary N) is 1. The molecule has 1 aliphatic heterocycles. The van der Waals surface area contributed by atoms with E-state index in [1.54, 1.807) is 12.1 Å². The van der Waals surface area contributed by atoms with Crippen LogP contribution in [0.2, 0.25) is 0 Å². The van der Waals surface area contributed by atoms with Gasteiger partial charge in [-0.2, -0.15) is 13.4 Å². The number of hydrogen-bond acceptors (Lipinski definition) is 13. The number of nitrogens with zero attached hydrogens (tertiary/aromatic N) is 1. The molecule has 0 aliphatic carbocycles. The number of hydrogen-bond donors (Lipinski definition) is 7. The number of nitrogen functional groups attached to an aromatic ring is 1. The minimum atomic E-state index is -4.73. The van der Waals surface area contributed by atoms with Crippen molar-refractivity contribution in [2.45, 2.75) is 29.3 Å². The molecule has 0 spiro atoms. The van der Waals surface area contributed by atoms with Crippen LogP contribution in [0, 0.1) is 0 Å². The average molecular weight is 630 g/mol. The molecule has 234 valence electrons. The fourth-order valence-electron chi connectivity index (χ4n) is 4.66. The summed E-state index contributed by atoms with van der Waals surface area (Å²) in [4.78, 5) is 56.5. The molecule has 17 heteroatoms. The first-order valence-corrected chi connectivity index (χ1v) is 14.6. The molecule has 8 N–H and O–H groups in total. The first-order chi connectivity index (χ1) is 20.9. The summed E-state index contributed by atoms with van der Waals surface area (Å²) in [5.74, 6) is -3.43. The molecular formula is C27H31N7O9S. The van der Waals surface area contributed by atoms with E-state index in [4.69, 9.17) is 15.2 Å². The fraction of sp³-hybridized carbons (Fsp3) is 0.296. The highest BCUT2D eigenvalue weighted by Crippen LogP contribution is 2.29. The zero-order valence-corrected chi connectivity index (χ0v) is 24.4. The van der Waals surface area contributed by atoms with Crippen molar-refractivity contribution >= 4 is 51.1 Å². The van der Waals surface area contributed by atoms with Crippen molar-refractivity contribution in [3.63, 3.8) is 0 Å². The smallest absolute Gasteiger partial charge is 0.328 e. The van der Waals surface area contributed by atoms with E-state index >= 15 is 0 Å². The van der Waals surface area contributed by atoms with E-state index in [0.29, 0.717) is 24.6 Å². The van der Waals surface area contributed by atoms with E-state index in [1.807, 2.05) is 0 Å². The van der Waals surface area contributed by atoms with Crippen LogP contribution in [0.5, 0.6) is 0 Å². The Balaban J connectivity index is 1.44. The van der Waals surface area contributed by atoms with E-state index in [9.17, 15) is 32.1 Å². The van der Waals surface area contributed by atoms with Gasteiger partial charge < -0.3 is 36.5 Å². The van der Waals surface area contributed by atoms with Crippen LogP contribution in [0.1, 0.15) is 28.3 Å². The fourth-order valence-corrected chi connectivity index (χ4v) is 5.42. The van der Waals surface area contributed by atoms with Crippen LogP contribution in [0.25, 0.3) is 0 Å². The Kier molecular flexibility index (Phi) is 9.70. The third-order valence-corrected chi connectivity index (χ3v) is 7.75. The van der Waals surface area contributed by atoms with Crippen molar-refractivity contribution in [1.82, 2.24) is 15.3 Å². The van der Waals surface area contributed by atoms with Gasteiger partial charge in [-0.25, -0.2) is 4.79 Å². The minimum Gasteiger partial charge on any atom is -0.469 e. The van der Waals surface area contributed by atoms with Crippen LogP contribution in [-0.2, 0) is 29.2 Å². The van der Waals surface area contributed by atoms with Gasteiger partial charge in [-0.1, -0.05) is 18.2 Å². The summed E-state index contributed by atoms with van der Waals surface area (Å²) in [5.41, 5.74) is 6.18. The monoisotopic (exact) mass is 629 g/mol. The summed E-state index contributed by atoms with van der Waals surface area (Å²) in [6, 6.07) is 9.96. The van der Waals surface area contributed by atoms with Gasteiger partial charge in [0.1, 0.15) is 11.7 Å². The van der Waals surface area contributed by atoms with Gasteiger partial charge in [-0.15, -0.1) is 0 Å². The number of ether oxygens (including phenoxy) is 2. The van der Waals surface area contributed by atoms with Gasteiger partial charge in [-0.05, 0) is 42.3 Å². The lowest BCUT2D eigenvalue weighted by Gasteiger charge is -2.27. The predicted octanol–water partition coefficient (Wildman–Crippen LogP) is 0.535.